The zero-order valence-corrected chi connectivity index (χ0v) is 14.7. The normalized spacial score (nSPS) is 18.6. The van der Waals surface area contributed by atoms with Crippen molar-refractivity contribution in [2.24, 2.45) is 5.14 Å². The van der Waals surface area contributed by atoms with Gasteiger partial charge in [-0.15, -0.1) is 0 Å². The van der Waals surface area contributed by atoms with Crippen LogP contribution in [-0.2, 0) is 10.0 Å². The van der Waals surface area contributed by atoms with Crippen molar-refractivity contribution in [3.63, 3.8) is 0 Å². The van der Waals surface area contributed by atoms with Crippen LogP contribution in [0.15, 0.2) is 41.3 Å². The Hall–Kier alpha value is -1.96. The first kappa shape index (κ1) is 16.9. The van der Waals surface area contributed by atoms with Gasteiger partial charge in [-0.25, -0.2) is 18.5 Å². The SMILES string of the molecule is Cc1nc(N2CCNC(C)C2)ccc1-c1ccccc1S(N)(=O)=O. The van der Waals surface area contributed by atoms with E-state index in [1.54, 1.807) is 18.2 Å². The zero-order chi connectivity index (χ0) is 17.3. The Kier molecular flexibility index (Phi) is 4.58. The fourth-order valence-electron chi connectivity index (χ4n) is 3.09. The Bertz CT molecular complexity index is 851. The number of nitrogens with zero attached hydrogens (tertiary/aromatic N) is 2. The lowest BCUT2D eigenvalue weighted by molar-refractivity contribution is 0.482. The van der Waals surface area contributed by atoms with Crippen LogP contribution in [0.5, 0.6) is 0 Å². The van der Waals surface area contributed by atoms with Crippen LogP contribution in [0.2, 0.25) is 0 Å². The van der Waals surface area contributed by atoms with Crippen LogP contribution in [0.3, 0.4) is 0 Å². The molecule has 2 heterocycles. The highest BCUT2D eigenvalue weighted by Gasteiger charge is 2.19. The summed E-state index contributed by atoms with van der Waals surface area (Å²) in [6, 6.07) is 11.0. The number of aryl methyl sites for hydroxylation is 1. The average Bonchev–Trinajstić information content (AvgIpc) is 2.54. The van der Waals surface area contributed by atoms with Gasteiger partial charge in [-0.05, 0) is 32.0 Å². The molecular formula is C17H22N4O2S. The van der Waals surface area contributed by atoms with Gasteiger partial charge < -0.3 is 10.2 Å². The van der Waals surface area contributed by atoms with Crippen LogP contribution in [0.4, 0.5) is 5.82 Å². The molecule has 1 atom stereocenters. The van der Waals surface area contributed by atoms with E-state index in [-0.39, 0.29) is 4.90 Å². The molecule has 6 nitrogen and oxygen atoms in total. The minimum absolute atomic E-state index is 0.124. The molecule has 0 aliphatic carbocycles. The van der Waals surface area contributed by atoms with Crippen molar-refractivity contribution in [1.29, 1.82) is 0 Å². The van der Waals surface area contributed by atoms with E-state index in [0.29, 0.717) is 11.6 Å². The van der Waals surface area contributed by atoms with E-state index in [1.807, 2.05) is 19.1 Å². The molecule has 7 heteroatoms. The summed E-state index contributed by atoms with van der Waals surface area (Å²) in [4.78, 5) is 7.06. The molecule has 1 fully saturated rings. The van der Waals surface area contributed by atoms with Crippen LogP contribution in [0, 0.1) is 6.92 Å². The summed E-state index contributed by atoms with van der Waals surface area (Å²) in [5, 5.41) is 8.75. The van der Waals surface area contributed by atoms with Crippen molar-refractivity contribution >= 4 is 15.8 Å². The molecule has 0 amide bonds. The molecule has 1 aliphatic heterocycles. The Balaban J connectivity index is 2.00. The molecule has 24 heavy (non-hydrogen) atoms. The third-order valence-corrected chi connectivity index (χ3v) is 5.22. The highest BCUT2D eigenvalue weighted by Crippen LogP contribution is 2.30. The van der Waals surface area contributed by atoms with Crippen molar-refractivity contribution in [3.05, 3.63) is 42.1 Å². The molecule has 1 unspecified atom stereocenters. The second-order valence-corrected chi connectivity index (χ2v) is 7.67. The molecule has 3 rings (SSSR count). The van der Waals surface area contributed by atoms with Crippen molar-refractivity contribution in [1.82, 2.24) is 10.3 Å². The Morgan fingerprint density at radius 2 is 1.96 bits per heavy atom. The van der Waals surface area contributed by atoms with Gasteiger partial charge in [0, 0.05) is 42.5 Å². The van der Waals surface area contributed by atoms with Crippen LogP contribution < -0.4 is 15.4 Å². The predicted molar refractivity (Wildman–Crippen MR) is 95.5 cm³/mol. The number of primary sulfonamides is 1. The topological polar surface area (TPSA) is 88.3 Å². The van der Waals surface area contributed by atoms with Crippen LogP contribution in [0.25, 0.3) is 11.1 Å². The number of nitrogens with one attached hydrogen (secondary N) is 1. The quantitative estimate of drug-likeness (QED) is 0.879. The van der Waals surface area contributed by atoms with Crippen molar-refractivity contribution < 1.29 is 8.42 Å². The number of pyridine rings is 1. The standard InChI is InChI=1S/C17H22N4O2S/c1-12-11-21(10-9-19-12)17-8-7-14(13(2)20-17)15-5-3-4-6-16(15)24(18,22)23/h3-8,12,19H,9-11H2,1-2H3,(H2,18,22,23). The summed E-state index contributed by atoms with van der Waals surface area (Å²) < 4.78 is 23.7. The second-order valence-electron chi connectivity index (χ2n) is 6.14. The van der Waals surface area contributed by atoms with Gasteiger partial charge in [-0.2, -0.15) is 0 Å². The number of piperazine rings is 1. The minimum atomic E-state index is -3.78. The first-order chi connectivity index (χ1) is 11.4. The number of sulfonamides is 1. The molecule has 1 aromatic carbocycles. The Labute approximate surface area is 142 Å². The van der Waals surface area contributed by atoms with Crippen molar-refractivity contribution in [3.8, 4) is 11.1 Å². The number of anilines is 1. The number of hydrogen-bond acceptors (Lipinski definition) is 5. The van der Waals surface area contributed by atoms with Gasteiger partial charge in [0.15, 0.2) is 0 Å². The molecule has 3 N–H and O–H groups in total. The number of nitrogens with two attached hydrogens (primary N) is 1. The number of hydrogen-bond donors (Lipinski definition) is 2. The number of aromatic nitrogens is 1. The largest absolute Gasteiger partial charge is 0.354 e. The molecule has 2 aromatic rings. The molecule has 1 aliphatic rings. The fourth-order valence-corrected chi connectivity index (χ4v) is 3.84. The molecule has 1 saturated heterocycles. The van der Waals surface area contributed by atoms with Gasteiger partial charge in [0.2, 0.25) is 10.0 Å². The summed E-state index contributed by atoms with van der Waals surface area (Å²) >= 11 is 0. The summed E-state index contributed by atoms with van der Waals surface area (Å²) in [6.45, 7) is 6.78. The number of benzene rings is 1. The highest BCUT2D eigenvalue weighted by atomic mass is 32.2. The maximum Gasteiger partial charge on any atom is 0.238 e. The van der Waals surface area contributed by atoms with Gasteiger partial charge in [0.25, 0.3) is 0 Å². The summed E-state index contributed by atoms with van der Waals surface area (Å²) in [6.07, 6.45) is 0. The predicted octanol–water partition coefficient (Wildman–Crippen LogP) is 1.50. The van der Waals surface area contributed by atoms with Crippen LogP contribution in [-0.4, -0.2) is 39.1 Å². The number of rotatable bonds is 3. The highest BCUT2D eigenvalue weighted by molar-refractivity contribution is 7.89. The summed E-state index contributed by atoms with van der Waals surface area (Å²) in [5.41, 5.74) is 2.16. The zero-order valence-electron chi connectivity index (χ0n) is 13.9. The molecule has 0 spiro atoms. The first-order valence-electron chi connectivity index (χ1n) is 7.94. The Morgan fingerprint density at radius 1 is 1.21 bits per heavy atom. The summed E-state index contributed by atoms with van der Waals surface area (Å²) in [5.74, 6) is 0.915. The van der Waals surface area contributed by atoms with Gasteiger partial charge in [0.1, 0.15) is 5.82 Å². The lowest BCUT2D eigenvalue weighted by atomic mass is 10.0. The van der Waals surface area contributed by atoms with Crippen molar-refractivity contribution in [2.45, 2.75) is 24.8 Å². The maximum atomic E-state index is 11.8. The molecule has 128 valence electrons. The molecular weight excluding hydrogens is 324 g/mol. The third kappa shape index (κ3) is 3.43. The second kappa shape index (κ2) is 6.51. The van der Waals surface area contributed by atoms with Gasteiger partial charge in [0.05, 0.1) is 4.90 Å². The van der Waals surface area contributed by atoms with E-state index in [2.05, 4.69) is 17.1 Å². The molecule has 0 radical (unpaired) electrons. The lowest BCUT2D eigenvalue weighted by Crippen LogP contribution is -2.49. The van der Waals surface area contributed by atoms with Crippen LogP contribution >= 0.6 is 0 Å². The maximum absolute atomic E-state index is 11.8. The van der Waals surface area contributed by atoms with E-state index >= 15 is 0 Å². The first-order valence-corrected chi connectivity index (χ1v) is 9.49. The van der Waals surface area contributed by atoms with E-state index in [1.165, 1.54) is 6.07 Å². The smallest absolute Gasteiger partial charge is 0.238 e. The third-order valence-electron chi connectivity index (χ3n) is 4.25. The fraction of sp³-hybridized carbons (Fsp3) is 0.353. The van der Waals surface area contributed by atoms with Crippen LogP contribution in [0.1, 0.15) is 12.6 Å². The Morgan fingerprint density at radius 3 is 2.62 bits per heavy atom. The van der Waals surface area contributed by atoms with E-state index in [4.69, 9.17) is 10.1 Å². The van der Waals surface area contributed by atoms with Gasteiger partial charge in [-0.1, -0.05) is 18.2 Å². The molecule has 0 saturated carbocycles. The molecule has 1 aromatic heterocycles. The van der Waals surface area contributed by atoms with E-state index < -0.39 is 10.0 Å². The summed E-state index contributed by atoms with van der Waals surface area (Å²) in [7, 11) is -3.78. The van der Waals surface area contributed by atoms with E-state index in [9.17, 15) is 8.42 Å². The lowest BCUT2D eigenvalue weighted by Gasteiger charge is -2.33. The average molecular weight is 346 g/mol. The van der Waals surface area contributed by atoms with E-state index in [0.717, 1.165) is 36.7 Å². The monoisotopic (exact) mass is 346 g/mol. The van der Waals surface area contributed by atoms with Gasteiger partial charge in [-0.3, -0.25) is 0 Å². The molecule has 0 bridgehead atoms. The van der Waals surface area contributed by atoms with Crippen molar-refractivity contribution in [2.75, 3.05) is 24.5 Å². The minimum Gasteiger partial charge on any atom is -0.354 e. The van der Waals surface area contributed by atoms with Gasteiger partial charge >= 0.3 is 0 Å².